The van der Waals surface area contributed by atoms with E-state index < -0.39 is 11.0 Å². The second-order valence-corrected chi connectivity index (χ2v) is 4.24. The third-order valence-electron chi connectivity index (χ3n) is 3.14. The van der Waals surface area contributed by atoms with Gasteiger partial charge in [0.1, 0.15) is 11.4 Å². The molecule has 4 heteroatoms. The predicted octanol–water partition coefficient (Wildman–Crippen LogP) is 0.230. The van der Waals surface area contributed by atoms with Crippen molar-refractivity contribution in [1.29, 1.82) is 0 Å². The van der Waals surface area contributed by atoms with Gasteiger partial charge in [-0.05, 0) is 6.92 Å². The summed E-state index contributed by atoms with van der Waals surface area (Å²) in [6, 6.07) is 0. The third-order valence-corrected chi connectivity index (χ3v) is 3.14. The van der Waals surface area contributed by atoms with Crippen LogP contribution in [0.4, 0.5) is 0 Å². The first-order valence-electron chi connectivity index (χ1n) is 4.31. The molecule has 1 aliphatic heterocycles. The Morgan fingerprint density at radius 1 is 1.38 bits per heavy atom. The van der Waals surface area contributed by atoms with Crippen molar-refractivity contribution in [3.8, 4) is 0 Å². The average molecular weight is 183 g/mol. The maximum absolute atomic E-state index is 11.7. The Morgan fingerprint density at radius 3 is 2.00 bits per heavy atom. The first kappa shape index (κ1) is 10.2. The lowest BCUT2D eigenvalue weighted by Crippen LogP contribution is -2.53. The molecule has 0 bridgehead atoms. The molecule has 13 heavy (non-hydrogen) atoms. The van der Waals surface area contributed by atoms with Gasteiger partial charge in [-0.25, -0.2) is 0 Å². The zero-order chi connectivity index (χ0) is 10.4. The fourth-order valence-corrected chi connectivity index (χ4v) is 1.79. The molecule has 1 aliphatic rings. The number of hydrogen-bond donors (Lipinski definition) is 1. The SMILES string of the molecule is C/N=C1\N(C)C(=O)C(C)(N)C1(C)C. The van der Waals surface area contributed by atoms with Crippen LogP contribution in [0.3, 0.4) is 0 Å². The van der Waals surface area contributed by atoms with E-state index in [0.717, 1.165) is 5.84 Å². The minimum Gasteiger partial charge on any atom is -0.317 e. The molecular weight excluding hydrogens is 166 g/mol. The smallest absolute Gasteiger partial charge is 0.248 e. The number of nitrogens with two attached hydrogens (primary N) is 1. The number of hydrogen-bond acceptors (Lipinski definition) is 3. The highest BCUT2D eigenvalue weighted by Gasteiger charge is 2.56. The topological polar surface area (TPSA) is 58.7 Å². The summed E-state index contributed by atoms with van der Waals surface area (Å²) in [5.41, 5.74) is 4.74. The molecule has 0 radical (unpaired) electrons. The van der Waals surface area contributed by atoms with Gasteiger partial charge in [-0.1, -0.05) is 13.8 Å². The second kappa shape index (κ2) is 2.54. The summed E-state index contributed by atoms with van der Waals surface area (Å²) in [5, 5.41) is 0. The van der Waals surface area contributed by atoms with Gasteiger partial charge in [-0.3, -0.25) is 9.79 Å². The van der Waals surface area contributed by atoms with Gasteiger partial charge in [0.2, 0.25) is 5.91 Å². The molecule has 2 N–H and O–H groups in total. The van der Waals surface area contributed by atoms with Crippen LogP contribution in [-0.2, 0) is 4.79 Å². The van der Waals surface area contributed by atoms with E-state index in [1.165, 1.54) is 0 Å². The highest BCUT2D eigenvalue weighted by atomic mass is 16.2. The van der Waals surface area contributed by atoms with Crippen LogP contribution in [0.2, 0.25) is 0 Å². The fourth-order valence-electron chi connectivity index (χ4n) is 1.79. The van der Waals surface area contributed by atoms with Crippen LogP contribution >= 0.6 is 0 Å². The Hall–Kier alpha value is -0.900. The maximum atomic E-state index is 11.7. The Balaban J connectivity index is 3.30. The van der Waals surface area contributed by atoms with E-state index in [9.17, 15) is 4.79 Å². The molecule has 0 aromatic heterocycles. The third kappa shape index (κ3) is 1.01. The summed E-state index contributed by atoms with van der Waals surface area (Å²) in [6.07, 6.45) is 0. The summed E-state index contributed by atoms with van der Waals surface area (Å²) >= 11 is 0. The molecule has 74 valence electrons. The van der Waals surface area contributed by atoms with Crippen LogP contribution in [-0.4, -0.2) is 36.3 Å². The molecular formula is C9H17N3O. The molecule has 1 unspecified atom stereocenters. The van der Waals surface area contributed by atoms with Gasteiger partial charge in [0, 0.05) is 19.5 Å². The van der Waals surface area contributed by atoms with Gasteiger partial charge in [-0.2, -0.15) is 0 Å². The fraction of sp³-hybridized carbons (Fsp3) is 0.778. The van der Waals surface area contributed by atoms with Gasteiger partial charge in [0.05, 0.1) is 0 Å². The molecule has 0 saturated carbocycles. The maximum Gasteiger partial charge on any atom is 0.248 e. The van der Waals surface area contributed by atoms with Gasteiger partial charge < -0.3 is 10.6 Å². The van der Waals surface area contributed by atoms with Crippen molar-refractivity contribution >= 4 is 11.7 Å². The van der Waals surface area contributed by atoms with Gasteiger partial charge in [0.25, 0.3) is 0 Å². The number of amides is 1. The molecule has 0 aliphatic carbocycles. The zero-order valence-corrected chi connectivity index (χ0v) is 8.88. The molecule has 1 heterocycles. The normalized spacial score (nSPS) is 36.0. The molecule has 1 fully saturated rings. The number of likely N-dealkylation sites (tertiary alicyclic amines) is 1. The Kier molecular flexibility index (Phi) is 1.99. The standard InChI is InChI=1S/C9H17N3O/c1-8(2)6(11-4)12(5)7(13)9(8,3)10/h10H2,1-5H3/b11-6-. The van der Waals surface area contributed by atoms with Crippen LogP contribution < -0.4 is 5.73 Å². The molecule has 4 nitrogen and oxygen atoms in total. The highest BCUT2D eigenvalue weighted by molar-refractivity contribution is 6.13. The highest BCUT2D eigenvalue weighted by Crippen LogP contribution is 2.38. The number of carbonyl (C=O) groups is 1. The van der Waals surface area contributed by atoms with Crippen LogP contribution in [0.1, 0.15) is 20.8 Å². The van der Waals surface area contributed by atoms with Crippen molar-refractivity contribution < 1.29 is 4.79 Å². The van der Waals surface area contributed by atoms with Crippen molar-refractivity contribution in [3.63, 3.8) is 0 Å². The monoisotopic (exact) mass is 183 g/mol. The molecule has 0 aromatic rings. The first-order chi connectivity index (χ1) is 5.76. The number of nitrogens with zero attached hydrogens (tertiary/aromatic N) is 2. The van der Waals surface area contributed by atoms with Crippen LogP contribution in [0, 0.1) is 5.41 Å². The summed E-state index contributed by atoms with van der Waals surface area (Å²) in [6.45, 7) is 5.64. The summed E-state index contributed by atoms with van der Waals surface area (Å²) < 4.78 is 0. The number of amidine groups is 1. The van der Waals surface area contributed by atoms with Gasteiger partial charge in [0.15, 0.2) is 0 Å². The van der Waals surface area contributed by atoms with E-state index in [-0.39, 0.29) is 5.91 Å². The van der Waals surface area contributed by atoms with E-state index in [4.69, 9.17) is 5.73 Å². The number of aliphatic imine (C=N–C) groups is 1. The lowest BCUT2D eigenvalue weighted by molar-refractivity contribution is -0.130. The van der Waals surface area contributed by atoms with Crippen LogP contribution in [0.15, 0.2) is 4.99 Å². The van der Waals surface area contributed by atoms with Crippen LogP contribution in [0.25, 0.3) is 0 Å². The second-order valence-electron chi connectivity index (χ2n) is 4.24. The van der Waals surface area contributed by atoms with Crippen molar-refractivity contribution in [2.45, 2.75) is 26.3 Å². The van der Waals surface area contributed by atoms with Gasteiger partial charge >= 0.3 is 0 Å². The summed E-state index contributed by atoms with van der Waals surface area (Å²) in [5.74, 6) is 0.681. The van der Waals surface area contributed by atoms with Gasteiger partial charge in [-0.15, -0.1) is 0 Å². The van der Waals surface area contributed by atoms with E-state index in [1.807, 2.05) is 13.8 Å². The minimum atomic E-state index is -0.851. The Bertz CT molecular complexity index is 279. The van der Waals surface area contributed by atoms with Crippen molar-refractivity contribution in [2.24, 2.45) is 16.1 Å². The quantitative estimate of drug-likeness (QED) is 0.584. The number of rotatable bonds is 0. The van der Waals surface area contributed by atoms with E-state index in [0.29, 0.717) is 0 Å². The largest absolute Gasteiger partial charge is 0.317 e. The number of likely N-dealkylation sites (N-methyl/N-ethyl adjacent to an activating group) is 1. The van der Waals surface area contributed by atoms with E-state index in [2.05, 4.69) is 4.99 Å². The predicted molar refractivity (Wildman–Crippen MR) is 52.5 cm³/mol. The Labute approximate surface area is 78.8 Å². The molecule has 1 saturated heterocycles. The number of carbonyl (C=O) groups excluding carboxylic acids is 1. The molecule has 1 amide bonds. The summed E-state index contributed by atoms with van der Waals surface area (Å²) in [7, 11) is 3.40. The first-order valence-corrected chi connectivity index (χ1v) is 4.31. The zero-order valence-electron chi connectivity index (χ0n) is 8.88. The summed E-state index contributed by atoms with van der Waals surface area (Å²) in [4.78, 5) is 17.4. The van der Waals surface area contributed by atoms with E-state index in [1.54, 1.807) is 25.9 Å². The lowest BCUT2D eigenvalue weighted by atomic mass is 9.76. The Morgan fingerprint density at radius 2 is 1.85 bits per heavy atom. The molecule has 0 spiro atoms. The lowest BCUT2D eigenvalue weighted by Gasteiger charge is -2.30. The molecule has 1 atom stereocenters. The van der Waals surface area contributed by atoms with E-state index >= 15 is 0 Å². The minimum absolute atomic E-state index is 0.0712. The van der Waals surface area contributed by atoms with Crippen molar-refractivity contribution in [2.75, 3.05) is 14.1 Å². The average Bonchev–Trinajstić information content (AvgIpc) is 2.12. The van der Waals surface area contributed by atoms with Crippen molar-refractivity contribution in [3.05, 3.63) is 0 Å². The molecule has 0 aromatic carbocycles. The molecule has 1 rings (SSSR count). The van der Waals surface area contributed by atoms with Crippen LogP contribution in [0.5, 0.6) is 0 Å². The van der Waals surface area contributed by atoms with Crippen molar-refractivity contribution in [1.82, 2.24) is 4.90 Å².